The van der Waals surface area contributed by atoms with Gasteiger partial charge in [-0.2, -0.15) is 0 Å². The number of nitrogens with zero attached hydrogens (tertiary/aromatic N) is 1. The van der Waals surface area contributed by atoms with Crippen molar-refractivity contribution >= 4 is 21.7 Å². The summed E-state index contributed by atoms with van der Waals surface area (Å²) in [5, 5.41) is 2.80. The maximum atomic E-state index is 12.3. The molecule has 8 heteroatoms. The highest BCUT2D eigenvalue weighted by molar-refractivity contribution is 7.89. The molecule has 0 aliphatic carbocycles. The van der Waals surface area contributed by atoms with Gasteiger partial charge in [0, 0.05) is 18.8 Å². The topological polar surface area (TPSA) is 87.7 Å². The number of hydrogen-bond donors (Lipinski definition) is 2. The van der Waals surface area contributed by atoms with Crippen LogP contribution in [0.2, 0.25) is 0 Å². The lowest BCUT2D eigenvalue weighted by atomic mass is 9.91. The molecule has 0 bridgehead atoms. The minimum absolute atomic E-state index is 0.128. The third-order valence-corrected chi connectivity index (χ3v) is 6.34. The summed E-state index contributed by atoms with van der Waals surface area (Å²) >= 11 is 0. The summed E-state index contributed by atoms with van der Waals surface area (Å²) in [7, 11) is -3.52. The minimum Gasteiger partial charge on any atom is -0.371 e. The predicted molar refractivity (Wildman–Crippen MR) is 99.6 cm³/mol. The van der Waals surface area contributed by atoms with E-state index in [0.717, 1.165) is 25.9 Å². The third kappa shape index (κ3) is 4.36. The number of sulfonamides is 1. The van der Waals surface area contributed by atoms with Gasteiger partial charge in [-0.3, -0.25) is 0 Å². The molecule has 0 saturated carbocycles. The Hall–Kier alpha value is -1.64. The number of rotatable bonds is 6. The highest BCUT2D eigenvalue weighted by Gasteiger charge is 2.48. The second-order valence-electron chi connectivity index (χ2n) is 7.53. The van der Waals surface area contributed by atoms with Crippen LogP contribution in [0.5, 0.6) is 0 Å². The number of amides is 2. The summed E-state index contributed by atoms with van der Waals surface area (Å²) in [5.41, 5.74) is 0.445. The summed E-state index contributed by atoms with van der Waals surface area (Å²) in [6.07, 6.45) is 2.85. The van der Waals surface area contributed by atoms with Crippen molar-refractivity contribution in [2.75, 3.05) is 31.6 Å². The molecule has 0 radical (unpaired) electrons. The first-order valence-electron chi connectivity index (χ1n) is 9.09. The van der Waals surface area contributed by atoms with Gasteiger partial charge in [0.1, 0.15) is 5.60 Å². The van der Waals surface area contributed by atoms with Crippen LogP contribution in [0, 0.1) is 5.92 Å². The van der Waals surface area contributed by atoms with E-state index >= 15 is 0 Å². The highest BCUT2D eigenvalue weighted by Crippen LogP contribution is 2.35. The molecule has 26 heavy (non-hydrogen) atoms. The molecule has 2 aliphatic heterocycles. The van der Waals surface area contributed by atoms with Crippen molar-refractivity contribution in [3.63, 3.8) is 0 Å². The first kappa shape index (κ1) is 19.1. The smallest absolute Gasteiger partial charge is 0.322 e. The van der Waals surface area contributed by atoms with Crippen LogP contribution in [0.15, 0.2) is 29.2 Å². The molecule has 7 nitrogen and oxygen atoms in total. The van der Waals surface area contributed by atoms with Gasteiger partial charge in [0.25, 0.3) is 0 Å². The molecule has 2 heterocycles. The lowest BCUT2D eigenvalue weighted by Crippen LogP contribution is -2.63. The Bertz CT molecular complexity index is 732. The molecule has 3 rings (SSSR count). The molecule has 1 aromatic rings. The number of hydrogen-bond acceptors (Lipinski definition) is 4. The number of urea groups is 1. The van der Waals surface area contributed by atoms with Gasteiger partial charge >= 0.3 is 6.03 Å². The molecule has 2 aliphatic rings. The van der Waals surface area contributed by atoms with E-state index in [4.69, 9.17) is 4.74 Å². The Labute approximate surface area is 155 Å². The maximum Gasteiger partial charge on any atom is 0.322 e. The zero-order valence-electron chi connectivity index (χ0n) is 15.3. The fourth-order valence-electron chi connectivity index (χ4n) is 3.28. The second kappa shape index (κ2) is 7.54. The second-order valence-corrected chi connectivity index (χ2v) is 9.29. The van der Waals surface area contributed by atoms with Crippen LogP contribution in [0.4, 0.5) is 10.5 Å². The van der Waals surface area contributed by atoms with Crippen LogP contribution in [-0.2, 0) is 14.8 Å². The first-order chi connectivity index (χ1) is 12.3. The van der Waals surface area contributed by atoms with E-state index in [1.807, 2.05) is 13.8 Å². The van der Waals surface area contributed by atoms with E-state index in [1.54, 1.807) is 17.0 Å². The predicted octanol–water partition coefficient (Wildman–Crippen LogP) is 2.41. The normalized spacial score (nSPS) is 19.0. The van der Waals surface area contributed by atoms with Gasteiger partial charge in [-0.1, -0.05) is 13.8 Å². The van der Waals surface area contributed by atoms with E-state index in [1.165, 1.54) is 12.1 Å². The fraction of sp³-hybridized carbons (Fsp3) is 0.611. The van der Waals surface area contributed by atoms with Crippen LogP contribution in [0.25, 0.3) is 0 Å². The van der Waals surface area contributed by atoms with Crippen molar-refractivity contribution in [3.8, 4) is 0 Å². The minimum atomic E-state index is -3.52. The molecular formula is C18H27N3O4S. The average Bonchev–Trinajstić information content (AvgIpc) is 3.03. The molecule has 0 atom stereocenters. The Kier molecular flexibility index (Phi) is 5.55. The molecule has 2 saturated heterocycles. The Balaban J connectivity index is 1.52. The van der Waals surface area contributed by atoms with Gasteiger partial charge in [0.05, 0.1) is 18.0 Å². The fourth-order valence-corrected chi connectivity index (χ4v) is 4.33. The van der Waals surface area contributed by atoms with Gasteiger partial charge < -0.3 is 15.0 Å². The Morgan fingerprint density at radius 1 is 1.27 bits per heavy atom. The summed E-state index contributed by atoms with van der Waals surface area (Å²) in [6.45, 7) is 6.51. The SMILES string of the molecule is CC(C)CCNS(=O)(=O)c1ccc(NC(=O)N2CC3(CCCO3)C2)cc1. The molecule has 0 unspecified atom stereocenters. The van der Waals surface area contributed by atoms with Gasteiger partial charge in [0.15, 0.2) is 0 Å². The largest absolute Gasteiger partial charge is 0.371 e. The first-order valence-corrected chi connectivity index (χ1v) is 10.6. The van der Waals surface area contributed by atoms with Crippen LogP contribution in [0.3, 0.4) is 0 Å². The van der Waals surface area contributed by atoms with Crippen LogP contribution in [0.1, 0.15) is 33.1 Å². The zero-order chi connectivity index (χ0) is 18.8. The van der Waals surface area contributed by atoms with E-state index < -0.39 is 10.0 Å². The molecule has 0 aromatic heterocycles. The number of carbonyl (C=O) groups excluding carboxylic acids is 1. The van der Waals surface area contributed by atoms with Crippen molar-refractivity contribution in [1.29, 1.82) is 0 Å². The molecule has 2 fully saturated rings. The molecule has 2 amide bonds. The van der Waals surface area contributed by atoms with Crippen LogP contribution in [-0.4, -0.2) is 51.2 Å². The number of ether oxygens (including phenoxy) is 1. The van der Waals surface area contributed by atoms with Crippen molar-refractivity contribution < 1.29 is 17.9 Å². The van der Waals surface area contributed by atoms with Gasteiger partial charge in [-0.05, 0) is 49.4 Å². The van der Waals surface area contributed by atoms with E-state index in [0.29, 0.717) is 31.2 Å². The standard InChI is InChI=1S/C18H27N3O4S/c1-14(2)8-10-19-26(23,24)16-6-4-15(5-7-16)20-17(22)21-12-18(13-21)9-3-11-25-18/h4-7,14,19H,3,8-13H2,1-2H3,(H,20,22). The molecular weight excluding hydrogens is 354 g/mol. The number of carbonyl (C=O) groups is 1. The summed E-state index contributed by atoms with van der Waals surface area (Å²) in [5.74, 6) is 0.436. The maximum absolute atomic E-state index is 12.3. The molecule has 144 valence electrons. The summed E-state index contributed by atoms with van der Waals surface area (Å²) in [6, 6.07) is 6.04. The number of anilines is 1. The van der Waals surface area contributed by atoms with Gasteiger partial charge in [-0.25, -0.2) is 17.9 Å². The molecule has 1 aromatic carbocycles. The average molecular weight is 381 g/mol. The third-order valence-electron chi connectivity index (χ3n) is 4.86. The van der Waals surface area contributed by atoms with E-state index in [9.17, 15) is 13.2 Å². The monoisotopic (exact) mass is 381 g/mol. The lowest BCUT2D eigenvalue weighted by Gasteiger charge is -2.46. The highest BCUT2D eigenvalue weighted by atomic mass is 32.2. The van der Waals surface area contributed by atoms with Crippen molar-refractivity contribution in [2.24, 2.45) is 5.92 Å². The lowest BCUT2D eigenvalue weighted by molar-refractivity contribution is -0.0893. The Morgan fingerprint density at radius 2 is 1.96 bits per heavy atom. The van der Waals surface area contributed by atoms with Crippen molar-refractivity contribution in [3.05, 3.63) is 24.3 Å². The van der Waals surface area contributed by atoms with Gasteiger partial charge in [-0.15, -0.1) is 0 Å². The van der Waals surface area contributed by atoms with Crippen molar-refractivity contribution in [2.45, 2.75) is 43.6 Å². The summed E-state index contributed by atoms with van der Waals surface area (Å²) < 4.78 is 32.8. The van der Waals surface area contributed by atoms with E-state index in [2.05, 4.69) is 10.0 Å². The molecule has 2 N–H and O–H groups in total. The zero-order valence-corrected chi connectivity index (χ0v) is 16.1. The van der Waals surface area contributed by atoms with E-state index in [-0.39, 0.29) is 16.5 Å². The number of benzene rings is 1. The summed E-state index contributed by atoms with van der Waals surface area (Å²) in [4.78, 5) is 14.2. The molecule has 1 spiro atoms. The quantitative estimate of drug-likeness (QED) is 0.792. The Morgan fingerprint density at radius 3 is 2.54 bits per heavy atom. The number of nitrogens with one attached hydrogen (secondary N) is 2. The number of likely N-dealkylation sites (tertiary alicyclic amines) is 1. The van der Waals surface area contributed by atoms with Crippen LogP contribution < -0.4 is 10.0 Å². The van der Waals surface area contributed by atoms with Crippen LogP contribution >= 0.6 is 0 Å². The van der Waals surface area contributed by atoms with Gasteiger partial charge in [0.2, 0.25) is 10.0 Å². The van der Waals surface area contributed by atoms with Crippen molar-refractivity contribution in [1.82, 2.24) is 9.62 Å².